The van der Waals surface area contributed by atoms with Crippen LogP contribution < -0.4 is 0 Å². The van der Waals surface area contributed by atoms with Gasteiger partial charge in [-0.2, -0.15) is 0 Å². The first-order valence-corrected chi connectivity index (χ1v) is 7.84. The fourth-order valence-electron chi connectivity index (χ4n) is 4.34. The van der Waals surface area contributed by atoms with E-state index in [4.69, 9.17) is 0 Å². The molecule has 98 valence electrons. The van der Waals surface area contributed by atoms with Crippen molar-refractivity contribution in [3.63, 3.8) is 0 Å². The minimum absolute atomic E-state index is 0.927. The van der Waals surface area contributed by atoms with Crippen molar-refractivity contribution in [1.29, 1.82) is 0 Å². The summed E-state index contributed by atoms with van der Waals surface area (Å²) in [6.45, 7) is 9.52. The molecule has 0 aromatic rings. The largest absolute Gasteiger partial charge is 0.0819 e. The quantitative estimate of drug-likeness (QED) is 0.556. The first kappa shape index (κ1) is 13.2. The molecule has 0 aromatic heterocycles. The van der Waals surface area contributed by atoms with Crippen molar-refractivity contribution in [3.8, 4) is 0 Å². The zero-order valence-electron chi connectivity index (χ0n) is 12.2. The molecule has 0 N–H and O–H groups in total. The van der Waals surface area contributed by atoms with Crippen LogP contribution in [0, 0.1) is 29.6 Å². The minimum atomic E-state index is 0.927. The van der Waals surface area contributed by atoms with Crippen LogP contribution in [0.15, 0.2) is 11.6 Å². The first-order chi connectivity index (χ1) is 8.17. The van der Waals surface area contributed by atoms with E-state index < -0.39 is 0 Å². The highest BCUT2D eigenvalue weighted by atomic mass is 14.5. The Bertz CT molecular complexity index is 276. The Balaban J connectivity index is 2.05. The second-order valence-corrected chi connectivity index (χ2v) is 6.65. The summed E-state index contributed by atoms with van der Waals surface area (Å²) >= 11 is 0. The molecule has 1 saturated carbocycles. The molecule has 0 spiro atoms. The maximum absolute atomic E-state index is 2.63. The van der Waals surface area contributed by atoms with Crippen molar-refractivity contribution in [2.45, 2.75) is 66.2 Å². The monoisotopic (exact) mass is 234 g/mol. The Morgan fingerprint density at radius 3 is 2.76 bits per heavy atom. The van der Waals surface area contributed by atoms with Gasteiger partial charge in [0, 0.05) is 0 Å². The van der Waals surface area contributed by atoms with E-state index in [1.54, 1.807) is 5.57 Å². The molecule has 0 nitrogen and oxygen atoms in total. The van der Waals surface area contributed by atoms with Crippen molar-refractivity contribution in [2.24, 2.45) is 29.6 Å². The summed E-state index contributed by atoms with van der Waals surface area (Å²) in [5.74, 6) is 4.90. The molecule has 5 atom stereocenters. The van der Waals surface area contributed by atoms with Gasteiger partial charge in [0.1, 0.15) is 0 Å². The molecule has 0 saturated heterocycles. The lowest BCUT2D eigenvalue weighted by Gasteiger charge is -2.23. The summed E-state index contributed by atoms with van der Waals surface area (Å²) in [6, 6.07) is 0. The van der Waals surface area contributed by atoms with Gasteiger partial charge in [0.25, 0.3) is 0 Å². The summed E-state index contributed by atoms with van der Waals surface area (Å²) in [5, 5.41) is 0. The molecular formula is C17H30. The van der Waals surface area contributed by atoms with Crippen molar-refractivity contribution >= 4 is 0 Å². The molecule has 5 unspecified atom stereocenters. The molecule has 1 fully saturated rings. The van der Waals surface area contributed by atoms with E-state index >= 15 is 0 Å². The molecule has 2 aliphatic rings. The molecule has 0 bridgehead atoms. The lowest BCUT2D eigenvalue weighted by Crippen LogP contribution is -2.16. The van der Waals surface area contributed by atoms with E-state index in [0.29, 0.717) is 0 Å². The van der Waals surface area contributed by atoms with E-state index in [1.807, 2.05) is 0 Å². The number of rotatable bonds is 5. The molecular weight excluding hydrogens is 204 g/mol. The van der Waals surface area contributed by atoms with Crippen LogP contribution in [0.1, 0.15) is 66.2 Å². The molecule has 0 aliphatic heterocycles. The summed E-state index contributed by atoms with van der Waals surface area (Å²) in [7, 11) is 0. The van der Waals surface area contributed by atoms with Crippen LogP contribution in [-0.2, 0) is 0 Å². The maximum Gasteiger partial charge on any atom is -0.0166 e. The molecule has 2 aliphatic carbocycles. The highest BCUT2D eigenvalue weighted by molar-refractivity contribution is 5.17. The van der Waals surface area contributed by atoms with Gasteiger partial charge in [0.2, 0.25) is 0 Å². The molecule has 2 rings (SSSR count). The molecule has 0 radical (unpaired) electrons. The zero-order valence-corrected chi connectivity index (χ0v) is 12.2. The van der Waals surface area contributed by atoms with Gasteiger partial charge in [0.05, 0.1) is 0 Å². The average molecular weight is 234 g/mol. The summed E-state index contributed by atoms with van der Waals surface area (Å²) < 4.78 is 0. The van der Waals surface area contributed by atoms with Gasteiger partial charge >= 0.3 is 0 Å². The lowest BCUT2D eigenvalue weighted by molar-refractivity contribution is 0.288. The number of allylic oxidation sites excluding steroid dienone is 2. The summed E-state index contributed by atoms with van der Waals surface area (Å²) in [6.07, 6.45) is 11.2. The Morgan fingerprint density at radius 2 is 2.12 bits per heavy atom. The topological polar surface area (TPSA) is 0 Å². The minimum Gasteiger partial charge on any atom is -0.0819 e. The third kappa shape index (κ3) is 2.61. The van der Waals surface area contributed by atoms with E-state index in [9.17, 15) is 0 Å². The van der Waals surface area contributed by atoms with Crippen LogP contribution in [0.2, 0.25) is 0 Å². The van der Waals surface area contributed by atoms with Crippen LogP contribution in [0.5, 0.6) is 0 Å². The smallest absolute Gasteiger partial charge is 0.0166 e. The molecule has 17 heavy (non-hydrogen) atoms. The predicted molar refractivity (Wildman–Crippen MR) is 75.9 cm³/mol. The van der Waals surface area contributed by atoms with E-state index in [0.717, 1.165) is 29.6 Å². The van der Waals surface area contributed by atoms with Crippen LogP contribution in [0.3, 0.4) is 0 Å². The highest BCUT2D eigenvalue weighted by Crippen LogP contribution is 2.53. The third-order valence-corrected chi connectivity index (χ3v) is 5.51. The van der Waals surface area contributed by atoms with Gasteiger partial charge in [-0.3, -0.25) is 0 Å². The SMILES string of the molecule is CCCCC1CC(C(C)CC)C2C=C(C)CC12. The van der Waals surface area contributed by atoms with Crippen LogP contribution in [-0.4, -0.2) is 0 Å². The average Bonchev–Trinajstić information content (AvgIpc) is 2.83. The standard InChI is InChI=1S/C17H30/c1-5-7-8-14-11-15(13(4)6-2)17-10-12(3)9-16(14)17/h10,13-17H,5-9,11H2,1-4H3. The predicted octanol–water partition coefficient (Wildman–Crippen LogP) is 5.44. The summed E-state index contributed by atoms with van der Waals surface area (Å²) in [4.78, 5) is 0. The number of unbranched alkanes of at least 4 members (excludes halogenated alkanes) is 1. The van der Waals surface area contributed by atoms with Crippen LogP contribution in [0.4, 0.5) is 0 Å². The molecule has 0 amide bonds. The van der Waals surface area contributed by atoms with Gasteiger partial charge in [-0.25, -0.2) is 0 Å². The van der Waals surface area contributed by atoms with Crippen molar-refractivity contribution in [1.82, 2.24) is 0 Å². The van der Waals surface area contributed by atoms with Crippen LogP contribution >= 0.6 is 0 Å². The van der Waals surface area contributed by atoms with Gasteiger partial charge in [-0.15, -0.1) is 0 Å². The second kappa shape index (κ2) is 5.59. The summed E-state index contributed by atoms with van der Waals surface area (Å²) in [5.41, 5.74) is 1.68. The molecule has 0 heterocycles. The Kier molecular flexibility index (Phi) is 4.33. The van der Waals surface area contributed by atoms with Crippen molar-refractivity contribution in [2.75, 3.05) is 0 Å². The van der Waals surface area contributed by atoms with Gasteiger partial charge in [-0.05, 0) is 49.4 Å². The normalized spacial score (nSPS) is 38.0. The van der Waals surface area contributed by atoms with E-state index in [1.165, 1.54) is 38.5 Å². The highest BCUT2D eigenvalue weighted by Gasteiger charge is 2.45. The first-order valence-electron chi connectivity index (χ1n) is 7.84. The van der Waals surface area contributed by atoms with Crippen molar-refractivity contribution in [3.05, 3.63) is 11.6 Å². The zero-order chi connectivity index (χ0) is 12.4. The van der Waals surface area contributed by atoms with Gasteiger partial charge < -0.3 is 0 Å². The third-order valence-electron chi connectivity index (χ3n) is 5.51. The number of hydrogen-bond acceptors (Lipinski definition) is 0. The maximum atomic E-state index is 2.63. The Labute approximate surface area is 108 Å². The Morgan fingerprint density at radius 1 is 1.35 bits per heavy atom. The lowest BCUT2D eigenvalue weighted by atomic mass is 9.82. The fourth-order valence-corrected chi connectivity index (χ4v) is 4.34. The van der Waals surface area contributed by atoms with E-state index in [-0.39, 0.29) is 0 Å². The molecule has 0 heteroatoms. The van der Waals surface area contributed by atoms with Gasteiger partial charge in [0.15, 0.2) is 0 Å². The number of hydrogen-bond donors (Lipinski definition) is 0. The number of fused-ring (bicyclic) bond motifs is 1. The molecule has 0 aromatic carbocycles. The van der Waals surface area contributed by atoms with Crippen LogP contribution in [0.25, 0.3) is 0 Å². The van der Waals surface area contributed by atoms with Crippen molar-refractivity contribution < 1.29 is 0 Å². The second-order valence-electron chi connectivity index (χ2n) is 6.65. The van der Waals surface area contributed by atoms with E-state index in [2.05, 4.69) is 33.8 Å². The van der Waals surface area contributed by atoms with Gasteiger partial charge in [-0.1, -0.05) is 58.1 Å². The fraction of sp³-hybridized carbons (Fsp3) is 0.882. The Hall–Kier alpha value is -0.260.